The van der Waals surface area contributed by atoms with Crippen LogP contribution in [0.5, 0.6) is 5.75 Å². The number of aromatic hydroxyl groups is 1. The summed E-state index contributed by atoms with van der Waals surface area (Å²) in [6.07, 6.45) is 1.89. The summed E-state index contributed by atoms with van der Waals surface area (Å²) in [6.45, 7) is 6.75. The molecule has 254 valence electrons. The molecular weight excluding hydrogens is 649 g/mol. The van der Waals surface area contributed by atoms with Crippen molar-refractivity contribution in [2.75, 3.05) is 0 Å². The molecule has 0 bridgehead atoms. The van der Waals surface area contributed by atoms with E-state index in [1.54, 1.807) is 6.07 Å². The van der Waals surface area contributed by atoms with E-state index in [4.69, 9.17) is 9.97 Å². The summed E-state index contributed by atoms with van der Waals surface area (Å²) in [6, 6.07) is 52.7. The first-order chi connectivity index (χ1) is 25.8. The van der Waals surface area contributed by atoms with E-state index in [1.165, 1.54) is 10.9 Å². The van der Waals surface area contributed by atoms with Crippen LogP contribution < -0.4 is 0 Å². The first-order valence-corrected chi connectivity index (χ1v) is 18.1. The van der Waals surface area contributed by atoms with Crippen molar-refractivity contribution in [3.05, 3.63) is 163 Å². The van der Waals surface area contributed by atoms with Crippen LogP contribution in [-0.4, -0.2) is 24.0 Å². The zero-order valence-corrected chi connectivity index (χ0v) is 29.7. The smallest absolute Gasteiger partial charge is 0.165 e. The third kappa shape index (κ3) is 4.85. The minimum Gasteiger partial charge on any atom is -0.507 e. The average Bonchev–Trinajstić information content (AvgIpc) is 3.84. The fourth-order valence-electron chi connectivity index (χ4n) is 7.97. The highest BCUT2D eigenvalue weighted by Gasteiger charge is 2.28. The molecule has 0 unspecified atom stereocenters. The number of phenolic OH excluding ortho intramolecular Hbond substituents is 1. The Labute approximate surface area is 307 Å². The van der Waals surface area contributed by atoms with E-state index in [0.717, 1.165) is 72.2 Å². The fourth-order valence-corrected chi connectivity index (χ4v) is 7.97. The Morgan fingerprint density at radius 1 is 0.547 bits per heavy atom. The molecule has 0 aliphatic rings. The summed E-state index contributed by atoms with van der Waals surface area (Å²) in [5, 5.41) is 14.8. The molecule has 0 amide bonds. The standard InChI is InChI=1S/C48H36N4O/c1-48(2,3)34-22-24-41(39(29-34)31-15-8-5-9-16-31)51-45-38-19-12-18-36-35-23-21-33(40-27-32(25-26-49-40)30-13-6-4-7-14-30)28-42(35)52(44(36)38)47(45)50-46(51)37-17-10-11-20-43(37)53/h4-29,53H,1-3H3. The van der Waals surface area contributed by atoms with Crippen molar-refractivity contribution in [1.29, 1.82) is 0 Å². The largest absolute Gasteiger partial charge is 0.507 e. The molecule has 0 fully saturated rings. The Bertz CT molecular complexity index is 2990. The number of benzene rings is 6. The highest BCUT2D eigenvalue weighted by Crippen LogP contribution is 2.45. The number of para-hydroxylation sites is 2. The molecule has 0 spiro atoms. The van der Waals surface area contributed by atoms with Gasteiger partial charge in [-0.15, -0.1) is 0 Å². The molecule has 0 radical (unpaired) electrons. The van der Waals surface area contributed by atoms with Gasteiger partial charge < -0.3 is 5.11 Å². The molecule has 10 rings (SSSR count). The third-order valence-corrected chi connectivity index (χ3v) is 10.6. The molecule has 1 N–H and O–H groups in total. The van der Waals surface area contributed by atoms with Gasteiger partial charge in [0.25, 0.3) is 0 Å². The number of hydrogen-bond donors (Lipinski definition) is 1. The molecule has 0 saturated carbocycles. The summed E-state index contributed by atoms with van der Waals surface area (Å²) >= 11 is 0. The Balaban J connectivity index is 1.30. The summed E-state index contributed by atoms with van der Waals surface area (Å²) < 4.78 is 4.58. The van der Waals surface area contributed by atoms with Crippen LogP contribution in [-0.2, 0) is 5.41 Å². The van der Waals surface area contributed by atoms with Crippen molar-refractivity contribution in [1.82, 2.24) is 18.9 Å². The van der Waals surface area contributed by atoms with E-state index in [0.29, 0.717) is 11.4 Å². The molecule has 4 aromatic heterocycles. The summed E-state index contributed by atoms with van der Waals surface area (Å²) in [5.74, 6) is 0.874. The van der Waals surface area contributed by atoms with Crippen LogP contribution in [0.25, 0.3) is 88.9 Å². The van der Waals surface area contributed by atoms with Gasteiger partial charge in [-0.05, 0) is 70.1 Å². The highest BCUT2D eigenvalue weighted by molar-refractivity contribution is 6.23. The second-order valence-electron chi connectivity index (χ2n) is 14.9. The van der Waals surface area contributed by atoms with Gasteiger partial charge in [0.2, 0.25) is 0 Å². The van der Waals surface area contributed by atoms with E-state index in [2.05, 4.69) is 151 Å². The van der Waals surface area contributed by atoms with Crippen molar-refractivity contribution in [3.8, 4) is 56.3 Å². The van der Waals surface area contributed by atoms with Crippen LogP contribution in [0.1, 0.15) is 26.3 Å². The highest BCUT2D eigenvalue weighted by atomic mass is 16.3. The predicted molar refractivity (Wildman–Crippen MR) is 218 cm³/mol. The van der Waals surface area contributed by atoms with E-state index < -0.39 is 0 Å². The molecular formula is C48H36N4O. The molecule has 5 heteroatoms. The average molecular weight is 685 g/mol. The fraction of sp³-hybridized carbons (Fsp3) is 0.0833. The lowest BCUT2D eigenvalue weighted by atomic mass is 9.85. The molecule has 0 saturated heterocycles. The van der Waals surface area contributed by atoms with E-state index in [9.17, 15) is 5.11 Å². The molecule has 6 aromatic carbocycles. The molecule has 0 atom stereocenters. The molecule has 4 heterocycles. The number of nitrogens with zero attached hydrogens (tertiary/aromatic N) is 4. The van der Waals surface area contributed by atoms with Gasteiger partial charge in [0.1, 0.15) is 11.3 Å². The normalized spacial score (nSPS) is 12.1. The van der Waals surface area contributed by atoms with E-state index in [-0.39, 0.29) is 11.2 Å². The summed E-state index contributed by atoms with van der Waals surface area (Å²) in [4.78, 5) is 10.3. The Kier molecular flexibility index (Phi) is 6.83. The predicted octanol–water partition coefficient (Wildman–Crippen LogP) is 12.1. The quantitative estimate of drug-likeness (QED) is 0.196. The van der Waals surface area contributed by atoms with Gasteiger partial charge in [-0.25, -0.2) is 4.98 Å². The maximum atomic E-state index is 11.3. The molecule has 0 aliphatic heterocycles. The first-order valence-electron chi connectivity index (χ1n) is 18.1. The second-order valence-corrected chi connectivity index (χ2v) is 14.9. The van der Waals surface area contributed by atoms with Crippen molar-refractivity contribution in [3.63, 3.8) is 0 Å². The molecule has 10 aromatic rings. The van der Waals surface area contributed by atoms with Crippen LogP contribution in [0.3, 0.4) is 0 Å². The van der Waals surface area contributed by atoms with Gasteiger partial charge in [-0.2, -0.15) is 0 Å². The Hall–Kier alpha value is -6.72. The van der Waals surface area contributed by atoms with Crippen molar-refractivity contribution in [2.45, 2.75) is 26.2 Å². The topological polar surface area (TPSA) is 55.3 Å². The van der Waals surface area contributed by atoms with Crippen LogP contribution in [0, 0.1) is 0 Å². The number of pyridine rings is 1. The number of phenols is 1. The van der Waals surface area contributed by atoms with Gasteiger partial charge in [-0.3, -0.25) is 14.0 Å². The van der Waals surface area contributed by atoms with Crippen molar-refractivity contribution >= 4 is 38.4 Å². The lowest BCUT2D eigenvalue weighted by Crippen LogP contribution is -2.12. The summed E-state index contributed by atoms with van der Waals surface area (Å²) in [7, 11) is 0. The van der Waals surface area contributed by atoms with Crippen molar-refractivity contribution in [2.24, 2.45) is 0 Å². The van der Waals surface area contributed by atoms with E-state index >= 15 is 0 Å². The van der Waals surface area contributed by atoms with Gasteiger partial charge in [0.15, 0.2) is 11.5 Å². The van der Waals surface area contributed by atoms with Gasteiger partial charge in [-0.1, -0.05) is 130 Å². The van der Waals surface area contributed by atoms with Gasteiger partial charge >= 0.3 is 0 Å². The van der Waals surface area contributed by atoms with Crippen molar-refractivity contribution < 1.29 is 5.11 Å². The lowest BCUT2D eigenvalue weighted by molar-refractivity contribution is 0.477. The van der Waals surface area contributed by atoms with Crippen LogP contribution in [0.4, 0.5) is 0 Å². The number of aromatic nitrogens is 4. The second kappa shape index (κ2) is 11.7. The molecule has 5 nitrogen and oxygen atoms in total. The molecule has 0 aliphatic carbocycles. The van der Waals surface area contributed by atoms with E-state index in [1.807, 2.05) is 30.5 Å². The molecule has 53 heavy (non-hydrogen) atoms. The zero-order valence-electron chi connectivity index (χ0n) is 29.7. The Morgan fingerprint density at radius 2 is 1.28 bits per heavy atom. The minimum atomic E-state index is -0.0461. The van der Waals surface area contributed by atoms with Crippen LogP contribution >= 0.6 is 0 Å². The number of fused-ring (bicyclic) bond motifs is 6. The maximum absolute atomic E-state index is 11.3. The van der Waals surface area contributed by atoms with Gasteiger partial charge in [0, 0.05) is 33.5 Å². The SMILES string of the molecule is CC(C)(C)c1ccc(-n2c(-c3ccccc3O)nc3c2c2cccc4c5ccc(-c6cc(-c7ccccc7)ccn6)cc5n3c42)c(-c2ccccc2)c1. The third-order valence-electron chi connectivity index (χ3n) is 10.6. The monoisotopic (exact) mass is 684 g/mol. The number of rotatable bonds is 5. The van der Waals surface area contributed by atoms with Crippen LogP contribution in [0.2, 0.25) is 0 Å². The van der Waals surface area contributed by atoms with Crippen LogP contribution in [0.15, 0.2) is 158 Å². The Morgan fingerprint density at radius 3 is 2.06 bits per heavy atom. The van der Waals surface area contributed by atoms with Gasteiger partial charge in [0.05, 0.1) is 28.0 Å². The zero-order chi connectivity index (χ0) is 35.8. The number of imidazole rings is 1. The lowest BCUT2D eigenvalue weighted by Gasteiger charge is -2.23. The minimum absolute atomic E-state index is 0.0461. The first kappa shape index (κ1) is 31.1. The number of hydrogen-bond acceptors (Lipinski definition) is 3. The summed E-state index contributed by atoms with van der Waals surface area (Å²) in [5.41, 5.74) is 13.4. The maximum Gasteiger partial charge on any atom is 0.165 e.